The van der Waals surface area contributed by atoms with Crippen molar-refractivity contribution in [3.8, 4) is 28.8 Å². The van der Waals surface area contributed by atoms with E-state index in [1.807, 2.05) is 5.01 Å². The topological polar surface area (TPSA) is 83.2 Å². The van der Waals surface area contributed by atoms with Gasteiger partial charge in [0.25, 0.3) is 5.91 Å². The molecule has 1 aromatic heterocycles. The maximum Gasteiger partial charge on any atom is 0.287 e. The van der Waals surface area contributed by atoms with Crippen LogP contribution in [0.4, 0.5) is 0 Å². The van der Waals surface area contributed by atoms with Crippen molar-refractivity contribution in [1.29, 1.82) is 5.26 Å². The third kappa shape index (κ3) is 4.23. The van der Waals surface area contributed by atoms with Crippen LogP contribution in [0.2, 0.25) is 10.0 Å². The van der Waals surface area contributed by atoms with Crippen molar-refractivity contribution in [3.63, 3.8) is 0 Å². The second kappa shape index (κ2) is 8.98. The number of ether oxygens (including phenoxy) is 1. The van der Waals surface area contributed by atoms with Gasteiger partial charge in [-0.2, -0.15) is 10.4 Å². The van der Waals surface area contributed by atoms with Crippen molar-refractivity contribution >= 4 is 29.1 Å². The number of hydrogen-bond acceptors (Lipinski definition) is 5. The van der Waals surface area contributed by atoms with E-state index in [0.29, 0.717) is 32.7 Å². The number of methoxy groups -OCH3 is 1. The van der Waals surface area contributed by atoms with Gasteiger partial charge < -0.3 is 4.74 Å². The first-order valence-corrected chi connectivity index (χ1v) is 10.5. The highest BCUT2D eigenvalue weighted by molar-refractivity contribution is 6.35. The van der Waals surface area contributed by atoms with Crippen molar-refractivity contribution in [1.82, 2.24) is 20.2 Å². The molecule has 2 heterocycles. The van der Waals surface area contributed by atoms with Crippen LogP contribution in [0.25, 0.3) is 16.9 Å². The van der Waals surface area contributed by atoms with Crippen LogP contribution in [0, 0.1) is 11.3 Å². The number of benzene rings is 2. The van der Waals surface area contributed by atoms with Crippen LogP contribution in [0.5, 0.6) is 5.75 Å². The summed E-state index contributed by atoms with van der Waals surface area (Å²) >= 11 is 12.5. The van der Waals surface area contributed by atoms with Crippen molar-refractivity contribution in [2.24, 2.45) is 0 Å². The predicted molar refractivity (Wildman–Crippen MR) is 119 cm³/mol. The van der Waals surface area contributed by atoms with Crippen LogP contribution in [0.1, 0.15) is 28.9 Å². The molecular formula is C22H19Cl2N5O2. The van der Waals surface area contributed by atoms with E-state index in [1.54, 1.807) is 49.6 Å². The Bertz CT molecular complexity index is 1160. The van der Waals surface area contributed by atoms with Crippen LogP contribution < -0.4 is 10.2 Å². The van der Waals surface area contributed by atoms with E-state index in [0.717, 1.165) is 25.9 Å². The largest absolute Gasteiger partial charge is 0.497 e. The molecule has 31 heavy (non-hydrogen) atoms. The molecule has 0 radical (unpaired) electrons. The first-order valence-electron chi connectivity index (χ1n) is 9.70. The van der Waals surface area contributed by atoms with E-state index in [2.05, 4.69) is 16.6 Å². The molecule has 0 aliphatic carbocycles. The van der Waals surface area contributed by atoms with Gasteiger partial charge in [0.2, 0.25) is 0 Å². The van der Waals surface area contributed by atoms with Crippen LogP contribution in [-0.4, -0.2) is 40.9 Å². The lowest BCUT2D eigenvalue weighted by Gasteiger charge is -2.15. The van der Waals surface area contributed by atoms with Gasteiger partial charge in [-0.15, -0.1) is 0 Å². The fourth-order valence-electron chi connectivity index (χ4n) is 3.55. The number of hydrazine groups is 1. The number of nitriles is 1. The van der Waals surface area contributed by atoms with E-state index in [-0.39, 0.29) is 11.3 Å². The van der Waals surface area contributed by atoms with E-state index in [9.17, 15) is 10.1 Å². The fourth-order valence-corrected chi connectivity index (χ4v) is 4.04. The normalized spacial score (nSPS) is 13.7. The minimum absolute atomic E-state index is 0.0336. The van der Waals surface area contributed by atoms with E-state index >= 15 is 0 Å². The minimum atomic E-state index is -0.433. The lowest BCUT2D eigenvalue weighted by Crippen LogP contribution is -2.40. The number of amides is 1. The number of carbonyl (C=O) groups excluding carboxylic acids is 1. The highest BCUT2D eigenvalue weighted by atomic mass is 35.5. The maximum absolute atomic E-state index is 13.0. The second-order valence-corrected chi connectivity index (χ2v) is 7.90. The molecule has 0 spiro atoms. The van der Waals surface area contributed by atoms with Crippen molar-refractivity contribution in [3.05, 3.63) is 63.8 Å². The van der Waals surface area contributed by atoms with Gasteiger partial charge in [-0.3, -0.25) is 10.2 Å². The molecule has 9 heteroatoms. The molecule has 1 saturated heterocycles. The molecule has 2 aromatic carbocycles. The SMILES string of the molecule is [11CH3]Oc1ccc(-c2c(C#N)c(C(=O)NN3CCCC3)nn2-c2ccc(Cl)cc2Cl)cc1. The van der Waals surface area contributed by atoms with Crippen molar-refractivity contribution in [2.45, 2.75) is 12.8 Å². The average Bonchev–Trinajstić information content (AvgIpc) is 3.41. The summed E-state index contributed by atoms with van der Waals surface area (Å²) in [4.78, 5) is 13.0. The number of nitrogens with one attached hydrogen (secondary N) is 1. The summed E-state index contributed by atoms with van der Waals surface area (Å²) in [6.07, 6.45) is 2.02. The summed E-state index contributed by atoms with van der Waals surface area (Å²) in [7, 11) is 1.58. The monoisotopic (exact) mass is 454 g/mol. The van der Waals surface area contributed by atoms with Gasteiger partial charge >= 0.3 is 0 Å². The van der Waals surface area contributed by atoms with E-state index < -0.39 is 5.91 Å². The Labute approximate surface area is 189 Å². The molecule has 0 atom stereocenters. The maximum atomic E-state index is 13.0. The zero-order valence-electron chi connectivity index (χ0n) is 16.7. The number of hydrogen-bond donors (Lipinski definition) is 1. The van der Waals surface area contributed by atoms with Crippen LogP contribution in [0.3, 0.4) is 0 Å². The van der Waals surface area contributed by atoms with Crippen LogP contribution >= 0.6 is 23.2 Å². The van der Waals surface area contributed by atoms with Gasteiger partial charge in [-0.1, -0.05) is 23.2 Å². The first-order chi connectivity index (χ1) is 15.0. The summed E-state index contributed by atoms with van der Waals surface area (Å²) in [5.74, 6) is 0.238. The van der Waals surface area contributed by atoms with Gasteiger partial charge in [0.1, 0.15) is 17.4 Å². The summed E-state index contributed by atoms with van der Waals surface area (Å²) in [5, 5.41) is 17.1. The third-order valence-corrected chi connectivity index (χ3v) is 5.62. The molecule has 0 saturated carbocycles. The zero-order chi connectivity index (χ0) is 22.0. The quantitative estimate of drug-likeness (QED) is 0.614. The minimum Gasteiger partial charge on any atom is -0.497 e. The lowest BCUT2D eigenvalue weighted by atomic mass is 10.1. The van der Waals surface area contributed by atoms with E-state index in [4.69, 9.17) is 27.9 Å². The van der Waals surface area contributed by atoms with Gasteiger partial charge in [-0.25, -0.2) is 9.69 Å². The molecule has 0 unspecified atom stereocenters. The lowest BCUT2D eigenvalue weighted by molar-refractivity contribution is 0.0819. The Hall–Kier alpha value is -3.05. The molecule has 0 bridgehead atoms. The Morgan fingerprint density at radius 3 is 2.48 bits per heavy atom. The number of carbonyl (C=O) groups is 1. The summed E-state index contributed by atoms with van der Waals surface area (Å²) in [6.45, 7) is 1.53. The Balaban J connectivity index is 1.88. The van der Waals surface area contributed by atoms with Crippen molar-refractivity contribution < 1.29 is 9.53 Å². The Kier molecular flexibility index (Phi) is 6.14. The standard InChI is InChI=1S/C22H19Cl2N5O2/c1-31-16-7-4-14(5-8-16)21-17(13-25)20(22(30)27-28-10-2-3-11-28)26-29(21)19-9-6-15(23)12-18(19)24/h4-9,12H,2-3,10-11H2,1H3,(H,27,30)/i1-1. The van der Waals surface area contributed by atoms with Crippen molar-refractivity contribution in [2.75, 3.05) is 20.2 Å². The predicted octanol–water partition coefficient (Wildman–Crippen LogP) is 4.47. The number of aromatic nitrogens is 2. The Morgan fingerprint density at radius 2 is 1.87 bits per heavy atom. The smallest absolute Gasteiger partial charge is 0.287 e. The van der Waals surface area contributed by atoms with Gasteiger partial charge in [0.05, 0.1) is 23.5 Å². The van der Waals surface area contributed by atoms with Gasteiger partial charge in [0.15, 0.2) is 5.69 Å². The van der Waals surface area contributed by atoms with Gasteiger partial charge in [-0.05, 0) is 55.3 Å². The number of rotatable bonds is 5. The van der Waals surface area contributed by atoms with E-state index in [1.165, 1.54) is 4.68 Å². The first kappa shape index (κ1) is 21.2. The third-order valence-electron chi connectivity index (χ3n) is 5.08. The fraction of sp³-hybridized carbons (Fsp3) is 0.227. The second-order valence-electron chi connectivity index (χ2n) is 7.06. The summed E-state index contributed by atoms with van der Waals surface area (Å²) in [6, 6.07) is 14.3. The zero-order valence-corrected chi connectivity index (χ0v) is 18.2. The van der Waals surface area contributed by atoms with Crippen LogP contribution in [0.15, 0.2) is 42.5 Å². The molecule has 3 aromatic rings. The molecule has 4 rings (SSSR count). The molecular weight excluding hydrogens is 436 g/mol. The molecule has 158 valence electrons. The number of nitrogens with zero attached hydrogens (tertiary/aromatic N) is 4. The number of halogens is 2. The molecule has 1 aliphatic rings. The molecule has 1 N–H and O–H groups in total. The molecule has 1 fully saturated rings. The highest BCUT2D eigenvalue weighted by Crippen LogP contribution is 2.33. The van der Waals surface area contributed by atoms with Crippen LogP contribution in [-0.2, 0) is 0 Å². The molecule has 1 amide bonds. The van der Waals surface area contributed by atoms with Gasteiger partial charge in [0, 0.05) is 23.7 Å². The molecule has 7 nitrogen and oxygen atoms in total. The summed E-state index contributed by atoms with van der Waals surface area (Å²) < 4.78 is 6.75. The molecule has 1 aliphatic heterocycles. The highest BCUT2D eigenvalue weighted by Gasteiger charge is 2.27. The average molecular weight is 455 g/mol. The summed E-state index contributed by atoms with van der Waals surface area (Å²) in [5.41, 5.74) is 4.70. The Morgan fingerprint density at radius 1 is 1.16 bits per heavy atom.